The van der Waals surface area contributed by atoms with Gasteiger partial charge in [0.05, 0.1) is 12.1 Å². The molecule has 0 aliphatic heterocycles. The lowest BCUT2D eigenvalue weighted by molar-refractivity contribution is -0.153. The van der Waals surface area contributed by atoms with E-state index in [0.717, 1.165) is 22.8 Å². The molecular weight excluding hydrogens is 476 g/mol. The zero-order valence-electron chi connectivity index (χ0n) is 15.9. The fourth-order valence-electron chi connectivity index (χ4n) is 2.27. The molecule has 180 valence electrons. The molecule has 0 amide bonds. The van der Waals surface area contributed by atoms with Crippen LogP contribution in [0.4, 0.5) is 26.3 Å². The van der Waals surface area contributed by atoms with Gasteiger partial charge < -0.3 is 20.9 Å². The second-order valence-corrected chi connectivity index (χ2v) is 5.73. The van der Waals surface area contributed by atoms with Gasteiger partial charge in [0.2, 0.25) is 0 Å². The minimum Gasteiger partial charge on any atom is -0.484 e. The van der Waals surface area contributed by atoms with Crippen molar-refractivity contribution in [2.75, 3.05) is 6.61 Å². The van der Waals surface area contributed by atoms with Crippen LogP contribution in [-0.4, -0.2) is 44.8 Å². The molecule has 32 heavy (non-hydrogen) atoms. The van der Waals surface area contributed by atoms with E-state index in [-0.39, 0.29) is 35.4 Å². The fraction of sp³-hybridized carbons (Fsp3) is 0.312. The van der Waals surface area contributed by atoms with E-state index in [1.807, 2.05) is 0 Å². The highest BCUT2D eigenvalue weighted by Crippen LogP contribution is 2.23. The highest BCUT2D eigenvalue weighted by atomic mass is 35.5. The molecule has 0 aliphatic rings. The van der Waals surface area contributed by atoms with Crippen LogP contribution >= 0.6 is 12.4 Å². The molecule has 0 bridgehead atoms. The van der Waals surface area contributed by atoms with Crippen LogP contribution in [0, 0.1) is 0 Å². The van der Waals surface area contributed by atoms with Crippen molar-refractivity contribution in [2.24, 2.45) is 16.8 Å². The lowest BCUT2D eigenvalue weighted by Crippen LogP contribution is -2.28. The Bertz CT molecular complexity index is 948. The highest BCUT2D eigenvalue weighted by Gasteiger charge is 2.29. The number of nitrogens with zero attached hydrogens (tertiary/aromatic N) is 3. The van der Waals surface area contributed by atoms with E-state index >= 15 is 0 Å². The summed E-state index contributed by atoms with van der Waals surface area (Å²) in [6.45, 7) is -1.53. The standard InChI is InChI=1S/C16H14F6N4O3.ClH.H3NO/c17-15(18,19)6-5-12-24-11(14(23)25-28)7-13(27)26(12)9-1-3-10(4-2-9)29-8-16(20,21)22;;1-2/h1-4,7,28H,5-6,8H2,(H2,23,25);1H;2H,1H2. The summed E-state index contributed by atoms with van der Waals surface area (Å²) in [6.07, 6.45) is -11.1. The molecule has 16 heteroatoms. The number of nitrogens with two attached hydrogens (primary N) is 2. The van der Waals surface area contributed by atoms with Crippen LogP contribution in [0.15, 0.2) is 40.3 Å². The van der Waals surface area contributed by atoms with Crippen molar-refractivity contribution in [3.8, 4) is 11.4 Å². The zero-order chi connectivity index (χ0) is 23.8. The molecule has 0 unspecified atom stereocenters. The van der Waals surface area contributed by atoms with Gasteiger partial charge in [-0.25, -0.2) is 10.9 Å². The van der Waals surface area contributed by atoms with Crippen molar-refractivity contribution < 1.29 is 41.5 Å². The number of alkyl halides is 6. The van der Waals surface area contributed by atoms with Crippen molar-refractivity contribution in [1.29, 1.82) is 0 Å². The molecule has 1 aromatic heterocycles. The number of hydrogen-bond acceptors (Lipinski definition) is 7. The molecule has 1 aromatic carbocycles. The lowest BCUT2D eigenvalue weighted by atomic mass is 10.2. The third kappa shape index (κ3) is 8.99. The third-order valence-corrected chi connectivity index (χ3v) is 3.49. The number of benzene rings is 1. The maximum Gasteiger partial charge on any atom is 0.422 e. The number of hydrogen-bond donors (Lipinski definition) is 4. The fourth-order valence-corrected chi connectivity index (χ4v) is 2.27. The molecule has 2 aromatic rings. The molecule has 0 saturated heterocycles. The van der Waals surface area contributed by atoms with Crippen molar-refractivity contribution in [1.82, 2.24) is 9.55 Å². The first-order valence-corrected chi connectivity index (χ1v) is 8.13. The molecule has 9 nitrogen and oxygen atoms in total. The van der Waals surface area contributed by atoms with Crippen LogP contribution in [0.5, 0.6) is 5.75 Å². The van der Waals surface area contributed by atoms with Crippen LogP contribution in [-0.2, 0) is 6.42 Å². The molecule has 0 radical (unpaired) electrons. The summed E-state index contributed by atoms with van der Waals surface area (Å²) in [5.41, 5.74) is 4.24. The molecule has 0 aliphatic carbocycles. The SMILES string of the molecule is Cl.NC(=NO)c1cc(=O)n(-c2ccc(OCC(F)(F)F)cc2)c(CCC(F)(F)F)n1.NO. The summed E-state index contributed by atoms with van der Waals surface area (Å²) >= 11 is 0. The average molecular weight is 494 g/mol. The molecule has 6 N–H and O–H groups in total. The van der Waals surface area contributed by atoms with Gasteiger partial charge in [0.25, 0.3) is 5.56 Å². The number of oxime groups is 1. The van der Waals surface area contributed by atoms with Crippen LogP contribution < -0.4 is 21.9 Å². The lowest BCUT2D eigenvalue weighted by Gasteiger charge is -2.15. The second kappa shape index (κ2) is 12.1. The smallest absolute Gasteiger partial charge is 0.422 e. The molecular formula is C16H18ClF6N5O4. The Morgan fingerprint density at radius 2 is 1.66 bits per heavy atom. The molecule has 2 rings (SSSR count). The minimum absolute atomic E-state index is 0. The van der Waals surface area contributed by atoms with E-state index in [1.54, 1.807) is 0 Å². The van der Waals surface area contributed by atoms with Crippen molar-refractivity contribution in [3.63, 3.8) is 0 Å². The van der Waals surface area contributed by atoms with E-state index in [9.17, 15) is 31.1 Å². The number of aromatic nitrogens is 2. The van der Waals surface area contributed by atoms with Crippen molar-refractivity contribution in [2.45, 2.75) is 25.2 Å². The topological polar surface area (TPSA) is 149 Å². The second-order valence-electron chi connectivity index (χ2n) is 5.73. The number of aryl methyl sites for hydroxylation is 1. The van der Waals surface area contributed by atoms with Gasteiger partial charge in [-0.05, 0) is 24.3 Å². The summed E-state index contributed by atoms with van der Waals surface area (Å²) in [5.74, 6) is 2.44. The Kier molecular flexibility index (Phi) is 11.0. The first-order valence-electron chi connectivity index (χ1n) is 8.13. The average Bonchev–Trinajstić information content (AvgIpc) is 2.70. The van der Waals surface area contributed by atoms with Crippen molar-refractivity contribution in [3.05, 3.63) is 52.2 Å². The first kappa shape index (κ1) is 29.0. The normalized spacial score (nSPS) is 11.8. The molecule has 0 saturated carbocycles. The quantitative estimate of drug-likeness (QED) is 0.159. The molecule has 0 spiro atoms. The van der Waals surface area contributed by atoms with Gasteiger partial charge in [-0.15, -0.1) is 12.4 Å². The number of halogens is 7. The van der Waals surface area contributed by atoms with E-state index in [0.29, 0.717) is 0 Å². The van der Waals surface area contributed by atoms with Crippen molar-refractivity contribution >= 4 is 18.2 Å². The summed E-state index contributed by atoms with van der Waals surface area (Å²) in [7, 11) is 0. The molecule has 1 heterocycles. The van der Waals surface area contributed by atoms with Gasteiger partial charge >= 0.3 is 12.4 Å². The maximum atomic E-state index is 12.6. The minimum atomic E-state index is -4.55. The van der Waals surface area contributed by atoms with E-state index in [2.05, 4.69) is 20.8 Å². The highest BCUT2D eigenvalue weighted by molar-refractivity contribution is 5.95. The van der Waals surface area contributed by atoms with Gasteiger partial charge in [-0.2, -0.15) is 26.3 Å². The van der Waals surface area contributed by atoms with E-state index < -0.39 is 43.2 Å². The summed E-state index contributed by atoms with van der Waals surface area (Å²) in [6, 6.07) is 5.47. The van der Waals surface area contributed by atoms with Gasteiger partial charge in [0.1, 0.15) is 17.3 Å². The van der Waals surface area contributed by atoms with Crippen LogP contribution in [0.3, 0.4) is 0 Å². The maximum absolute atomic E-state index is 12.6. The third-order valence-electron chi connectivity index (χ3n) is 3.49. The van der Waals surface area contributed by atoms with Crippen LogP contribution in [0.25, 0.3) is 5.69 Å². The Hall–Kier alpha value is -3.04. The number of rotatable bonds is 6. The predicted octanol–water partition coefficient (Wildman–Crippen LogP) is 2.52. The summed E-state index contributed by atoms with van der Waals surface area (Å²) in [4.78, 5) is 16.3. The monoisotopic (exact) mass is 493 g/mol. The Morgan fingerprint density at radius 3 is 2.12 bits per heavy atom. The molecule has 0 fully saturated rings. The van der Waals surface area contributed by atoms with Gasteiger partial charge in [0, 0.05) is 12.5 Å². The largest absolute Gasteiger partial charge is 0.484 e. The Balaban J connectivity index is 0.00000311. The predicted molar refractivity (Wildman–Crippen MR) is 101 cm³/mol. The molecule has 0 atom stereocenters. The van der Waals surface area contributed by atoms with Gasteiger partial charge in [0.15, 0.2) is 12.4 Å². The van der Waals surface area contributed by atoms with Crippen LogP contribution in [0.1, 0.15) is 17.9 Å². The van der Waals surface area contributed by atoms with Crippen LogP contribution in [0.2, 0.25) is 0 Å². The summed E-state index contributed by atoms with van der Waals surface area (Å²) in [5, 5.41) is 17.9. The number of ether oxygens (including phenoxy) is 1. The Morgan fingerprint density at radius 1 is 1.09 bits per heavy atom. The van der Waals surface area contributed by atoms with Gasteiger partial charge in [-0.1, -0.05) is 5.16 Å². The van der Waals surface area contributed by atoms with E-state index in [4.69, 9.17) is 16.1 Å². The Labute approximate surface area is 182 Å². The summed E-state index contributed by atoms with van der Waals surface area (Å²) < 4.78 is 79.8. The number of amidine groups is 1. The first-order chi connectivity index (χ1) is 14.4. The van der Waals surface area contributed by atoms with E-state index in [1.165, 1.54) is 12.1 Å². The van der Waals surface area contributed by atoms with Gasteiger partial charge in [-0.3, -0.25) is 9.36 Å². The zero-order valence-corrected chi connectivity index (χ0v) is 16.7.